The fourth-order valence-corrected chi connectivity index (χ4v) is 2.40. The van der Waals surface area contributed by atoms with Crippen LogP contribution in [0.5, 0.6) is 0 Å². The first-order chi connectivity index (χ1) is 8.49. The van der Waals surface area contributed by atoms with Gasteiger partial charge in [0, 0.05) is 4.47 Å². The third-order valence-corrected chi connectivity index (χ3v) is 3.84. The Morgan fingerprint density at radius 3 is 2.56 bits per heavy atom. The minimum Gasteiger partial charge on any atom is -0.384 e. The zero-order valence-electron chi connectivity index (χ0n) is 10.2. The van der Waals surface area contributed by atoms with E-state index in [1.807, 2.05) is 32.0 Å². The summed E-state index contributed by atoms with van der Waals surface area (Å²) < 4.78 is 14.3. The monoisotopic (exact) mass is 308 g/mol. The van der Waals surface area contributed by atoms with Gasteiger partial charge in [-0.3, -0.25) is 0 Å². The zero-order valence-corrected chi connectivity index (χ0v) is 11.8. The highest BCUT2D eigenvalue weighted by atomic mass is 79.9. The highest BCUT2D eigenvalue weighted by Crippen LogP contribution is 2.29. The molecule has 0 aromatic heterocycles. The molecular formula is C15H14BrFO. The number of aryl methyl sites for hydroxylation is 1. The second-order valence-corrected chi connectivity index (χ2v) is 5.27. The van der Waals surface area contributed by atoms with E-state index in [1.165, 1.54) is 12.1 Å². The van der Waals surface area contributed by atoms with Crippen LogP contribution in [0.25, 0.3) is 0 Å². The highest BCUT2D eigenvalue weighted by Gasteiger charge is 2.15. The normalized spacial score (nSPS) is 12.5. The van der Waals surface area contributed by atoms with E-state index in [-0.39, 0.29) is 5.82 Å². The first kappa shape index (κ1) is 13.2. The van der Waals surface area contributed by atoms with E-state index in [0.717, 1.165) is 21.2 Å². The molecule has 0 aliphatic rings. The van der Waals surface area contributed by atoms with Gasteiger partial charge in [0.05, 0.1) is 0 Å². The Bertz CT molecular complexity index is 560. The largest absolute Gasteiger partial charge is 0.384 e. The Labute approximate surface area is 114 Å². The Morgan fingerprint density at radius 2 is 1.89 bits per heavy atom. The summed E-state index contributed by atoms with van der Waals surface area (Å²) in [5, 5.41) is 10.4. The van der Waals surface area contributed by atoms with Crippen molar-refractivity contribution in [3.63, 3.8) is 0 Å². The van der Waals surface area contributed by atoms with Gasteiger partial charge in [0.25, 0.3) is 0 Å². The Kier molecular flexibility index (Phi) is 3.83. The van der Waals surface area contributed by atoms with E-state index in [0.29, 0.717) is 5.56 Å². The summed E-state index contributed by atoms with van der Waals surface area (Å²) in [5.74, 6) is -0.323. The van der Waals surface area contributed by atoms with Crippen molar-refractivity contribution >= 4 is 15.9 Å². The van der Waals surface area contributed by atoms with Crippen molar-refractivity contribution in [1.29, 1.82) is 0 Å². The lowest BCUT2D eigenvalue weighted by Gasteiger charge is -2.15. The number of hydrogen-bond donors (Lipinski definition) is 1. The van der Waals surface area contributed by atoms with Crippen LogP contribution in [0.3, 0.4) is 0 Å². The maximum Gasteiger partial charge on any atom is 0.123 e. The van der Waals surface area contributed by atoms with Gasteiger partial charge in [-0.1, -0.05) is 34.1 Å². The molecule has 0 saturated heterocycles. The number of hydrogen-bond acceptors (Lipinski definition) is 1. The second-order valence-electron chi connectivity index (χ2n) is 4.42. The second kappa shape index (κ2) is 5.21. The van der Waals surface area contributed by atoms with Crippen LogP contribution in [0, 0.1) is 19.7 Å². The van der Waals surface area contributed by atoms with E-state index in [9.17, 15) is 9.50 Å². The molecule has 0 heterocycles. The van der Waals surface area contributed by atoms with Crippen LogP contribution < -0.4 is 0 Å². The summed E-state index contributed by atoms with van der Waals surface area (Å²) in [6.07, 6.45) is -0.808. The quantitative estimate of drug-likeness (QED) is 0.877. The Hall–Kier alpha value is -1.19. The molecule has 94 valence electrons. The van der Waals surface area contributed by atoms with Gasteiger partial charge in [-0.05, 0) is 54.3 Å². The molecule has 0 amide bonds. The molecule has 2 aromatic rings. The van der Waals surface area contributed by atoms with E-state index in [1.54, 1.807) is 6.07 Å². The number of benzene rings is 2. The standard InChI is InChI=1S/C15H14BrFO/c1-9-6-11(8-12(17)7-9)15(18)13-4-3-5-14(16)10(13)2/h3-8,15,18H,1-2H3. The van der Waals surface area contributed by atoms with Crippen LogP contribution >= 0.6 is 15.9 Å². The molecule has 1 N–H and O–H groups in total. The summed E-state index contributed by atoms with van der Waals surface area (Å²) in [7, 11) is 0. The van der Waals surface area contributed by atoms with Crippen molar-refractivity contribution in [3.05, 3.63) is 68.9 Å². The van der Waals surface area contributed by atoms with Gasteiger partial charge in [0.2, 0.25) is 0 Å². The molecule has 0 saturated carbocycles. The van der Waals surface area contributed by atoms with E-state index < -0.39 is 6.10 Å². The van der Waals surface area contributed by atoms with Crippen LogP contribution in [-0.2, 0) is 0 Å². The summed E-state index contributed by atoms with van der Waals surface area (Å²) in [6, 6.07) is 10.3. The number of rotatable bonds is 2. The van der Waals surface area contributed by atoms with Gasteiger partial charge in [-0.2, -0.15) is 0 Å². The SMILES string of the molecule is Cc1cc(F)cc(C(O)c2cccc(Br)c2C)c1. The van der Waals surface area contributed by atoms with Crippen LogP contribution in [0.15, 0.2) is 40.9 Å². The molecule has 0 radical (unpaired) electrons. The summed E-state index contributed by atoms with van der Waals surface area (Å²) in [5.41, 5.74) is 3.13. The molecule has 2 rings (SSSR count). The molecule has 0 spiro atoms. The lowest BCUT2D eigenvalue weighted by atomic mass is 9.96. The summed E-state index contributed by atoms with van der Waals surface area (Å²) in [6.45, 7) is 3.74. The molecule has 0 fully saturated rings. The van der Waals surface area contributed by atoms with Crippen molar-refractivity contribution in [2.75, 3.05) is 0 Å². The lowest BCUT2D eigenvalue weighted by Crippen LogP contribution is -2.03. The maximum absolute atomic E-state index is 13.4. The van der Waals surface area contributed by atoms with Crippen LogP contribution in [0.1, 0.15) is 28.4 Å². The Morgan fingerprint density at radius 1 is 1.17 bits per heavy atom. The molecule has 18 heavy (non-hydrogen) atoms. The fourth-order valence-electron chi connectivity index (χ4n) is 2.02. The van der Waals surface area contributed by atoms with E-state index in [4.69, 9.17) is 0 Å². The van der Waals surface area contributed by atoms with Crippen molar-refractivity contribution in [3.8, 4) is 0 Å². The van der Waals surface area contributed by atoms with Crippen molar-refractivity contribution < 1.29 is 9.50 Å². The molecule has 0 aliphatic carbocycles. The first-order valence-corrected chi connectivity index (χ1v) is 6.48. The molecule has 3 heteroatoms. The summed E-state index contributed by atoms with van der Waals surface area (Å²) in [4.78, 5) is 0. The van der Waals surface area contributed by atoms with Gasteiger partial charge in [-0.25, -0.2) is 4.39 Å². The molecular weight excluding hydrogens is 295 g/mol. The maximum atomic E-state index is 13.4. The summed E-state index contributed by atoms with van der Waals surface area (Å²) >= 11 is 3.43. The van der Waals surface area contributed by atoms with Crippen LogP contribution in [0.2, 0.25) is 0 Å². The van der Waals surface area contributed by atoms with Crippen LogP contribution in [0.4, 0.5) is 4.39 Å². The Balaban J connectivity index is 2.47. The molecule has 1 atom stereocenters. The topological polar surface area (TPSA) is 20.2 Å². The van der Waals surface area contributed by atoms with Crippen molar-refractivity contribution in [2.24, 2.45) is 0 Å². The van der Waals surface area contributed by atoms with E-state index >= 15 is 0 Å². The van der Waals surface area contributed by atoms with E-state index in [2.05, 4.69) is 15.9 Å². The predicted octanol–water partition coefficient (Wildman–Crippen LogP) is 4.29. The predicted molar refractivity (Wildman–Crippen MR) is 74.1 cm³/mol. The first-order valence-electron chi connectivity index (χ1n) is 5.69. The van der Waals surface area contributed by atoms with Gasteiger partial charge in [0.15, 0.2) is 0 Å². The third-order valence-electron chi connectivity index (χ3n) is 2.98. The fraction of sp³-hybridized carbons (Fsp3) is 0.200. The van der Waals surface area contributed by atoms with Gasteiger partial charge in [-0.15, -0.1) is 0 Å². The van der Waals surface area contributed by atoms with Crippen molar-refractivity contribution in [2.45, 2.75) is 20.0 Å². The molecule has 0 bridgehead atoms. The molecule has 0 aliphatic heterocycles. The number of aliphatic hydroxyl groups excluding tert-OH is 1. The van der Waals surface area contributed by atoms with Crippen molar-refractivity contribution in [1.82, 2.24) is 0 Å². The van der Waals surface area contributed by atoms with Gasteiger partial charge >= 0.3 is 0 Å². The number of aliphatic hydroxyl groups is 1. The minimum atomic E-state index is -0.808. The van der Waals surface area contributed by atoms with Gasteiger partial charge in [0.1, 0.15) is 11.9 Å². The highest BCUT2D eigenvalue weighted by molar-refractivity contribution is 9.10. The van der Waals surface area contributed by atoms with Crippen LogP contribution in [-0.4, -0.2) is 5.11 Å². The minimum absolute atomic E-state index is 0.323. The zero-order chi connectivity index (χ0) is 13.3. The lowest BCUT2D eigenvalue weighted by molar-refractivity contribution is 0.219. The molecule has 2 aromatic carbocycles. The number of halogens is 2. The van der Waals surface area contributed by atoms with Gasteiger partial charge < -0.3 is 5.11 Å². The smallest absolute Gasteiger partial charge is 0.123 e. The molecule has 1 nitrogen and oxygen atoms in total. The third kappa shape index (κ3) is 2.62. The average Bonchev–Trinajstić information content (AvgIpc) is 2.30. The average molecular weight is 309 g/mol. The molecule has 1 unspecified atom stereocenters.